The summed E-state index contributed by atoms with van der Waals surface area (Å²) >= 11 is 0. The molecular weight excluding hydrogens is 226 g/mol. The molecule has 0 radical (unpaired) electrons. The van der Waals surface area contributed by atoms with Gasteiger partial charge >= 0.3 is 0 Å². The van der Waals surface area contributed by atoms with E-state index in [1.165, 1.54) is 12.4 Å². The van der Waals surface area contributed by atoms with Crippen LogP contribution in [-0.4, -0.2) is 50.4 Å². The molecule has 1 fully saturated rings. The molecular formula is C10H12N3O4-. The van der Waals surface area contributed by atoms with Crippen LogP contribution in [0.1, 0.15) is 18.2 Å². The molecule has 2 heterocycles. The van der Waals surface area contributed by atoms with Crippen molar-refractivity contribution in [3.05, 3.63) is 18.2 Å². The van der Waals surface area contributed by atoms with Gasteiger partial charge in [-0.3, -0.25) is 0 Å². The molecule has 2 rings (SSSR count). The molecule has 0 aromatic carbocycles. The quantitative estimate of drug-likeness (QED) is 0.627. The van der Waals surface area contributed by atoms with E-state index in [1.807, 2.05) is 0 Å². The van der Waals surface area contributed by atoms with Gasteiger partial charge in [0.2, 0.25) is 0 Å². The number of amides is 1. The van der Waals surface area contributed by atoms with Gasteiger partial charge in [0.25, 0.3) is 0 Å². The molecule has 7 nitrogen and oxygen atoms in total. The Morgan fingerprint density at radius 2 is 2.12 bits per heavy atom. The Kier molecular flexibility index (Phi) is 3.10. The van der Waals surface area contributed by atoms with Crippen molar-refractivity contribution in [1.29, 1.82) is 0 Å². The lowest BCUT2D eigenvalue weighted by Gasteiger charge is -2.36. The van der Waals surface area contributed by atoms with Crippen LogP contribution in [-0.2, 0) is 0 Å². The molecule has 2 atom stereocenters. The van der Waals surface area contributed by atoms with E-state index in [4.69, 9.17) is 5.11 Å². The standard InChI is InChI=1S/C10H13N3O4/c14-6-3-11-9(12-4-6)7-1-2-13(10(16)17)5-8(7)15/h3-4,7-8,14-15H,1-2,5H2,(H,16,17)/p-1. The van der Waals surface area contributed by atoms with Crippen LogP contribution < -0.4 is 5.11 Å². The number of carbonyl (C=O) groups is 1. The molecule has 0 spiro atoms. The summed E-state index contributed by atoms with van der Waals surface area (Å²) in [5.74, 6) is 0.0508. The van der Waals surface area contributed by atoms with Crippen molar-refractivity contribution < 1.29 is 20.1 Å². The van der Waals surface area contributed by atoms with Crippen LogP contribution in [0.3, 0.4) is 0 Å². The van der Waals surface area contributed by atoms with E-state index >= 15 is 0 Å². The largest absolute Gasteiger partial charge is 0.530 e. The number of β-amino-alcohol motifs (C(OH)–C–C–N with tert-alkyl or cyclic N) is 1. The summed E-state index contributed by atoms with van der Waals surface area (Å²) in [6.07, 6.45) is 0.792. The highest BCUT2D eigenvalue weighted by atomic mass is 16.4. The van der Waals surface area contributed by atoms with Crippen LogP contribution in [0.2, 0.25) is 0 Å². The fourth-order valence-electron chi connectivity index (χ4n) is 1.92. The maximum Gasteiger partial charge on any atom is 0.152 e. The van der Waals surface area contributed by atoms with Gasteiger partial charge in [0.05, 0.1) is 18.5 Å². The smallest absolute Gasteiger partial charge is 0.152 e. The van der Waals surface area contributed by atoms with Gasteiger partial charge in [0, 0.05) is 19.0 Å². The molecule has 0 bridgehead atoms. The maximum absolute atomic E-state index is 10.6. The summed E-state index contributed by atoms with van der Waals surface area (Å²) in [5, 5.41) is 29.5. The van der Waals surface area contributed by atoms with Gasteiger partial charge in [0.1, 0.15) is 11.9 Å². The van der Waals surface area contributed by atoms with Gasteiger partial charge in [0.15, 0.2) is 5.75 Å². The molecule has 1 saturated heterocycles. The third-order valence-electron chi connectivity index (χ3n) is 2.83. The van der Waals surface area contributed by atoms with Crippen molar-refractivity contribution in [2.24, 2.45) is 0 Å². The lowest BCUT2D eigenvalue weighted by Crippen LogP contribution is -2.50. The minimum atomic E-state index is -1.28. The Morgan fingerprint density at radius 1 is 1.47 bits per heavy atom. The Balaban J connectivity index is 2.09. The highest BCUT2D eigenvalue weighted by molar-refractivity contribution is 5.62. The second kappa shape index (κ2) is 4.54. The minimum Gasteiger partial charge on any atom is -0.530 e. The molecule has 7 heteroatoms. The van der Waals surface area contributed by atoms with Gasteiger partial charge in [-0.2, -0.15) is 0 Å². The van der Waals surface area contributed by atoms with Crippen molar-refractivity contribution in [2.75, 3.05) is 13.1 Å². The van der Waals surface area contributed by atoms with Crippen LogP contribution in [0.5, 0.6) is 5.75 Å². The van der Waals surface area contributed by atoms with Crippen molar-refractivity contribution in [3.63, 3.8) is 0 Å². The number of aliphatic hydroxyl groups is 1. The lowest BCUT2D eigenvalue weighted by atomic mass is 9.93. The minimum absolute atomic E-state index is 0.00274. The van der Waals surface area contributed by atoms with E-state index in [0.717, 1.165) is 4.90 Å². The van der Waals surface area contributed by atoms with Crippen LogP contribution in [0, 0.1) is 0 Å². The zero-order chi connectivity index (χ0) is 12.4. The SMILES string of the molecule is O=C([O-])N1CCC(c2ncc(O)cn2)C(O)C1. The summed E-state index contributed by atoms with van der Waals surface area (Å²) in [5.41, 5.74) is 0. The molecule has 0 aliphatic carbocycles. The summed E-state index contributed by atoms with van der Waals surface area (Å²) in [6.45, 7) is 0.283. The Morgan fingerprint density at radius 3 is 2.65 bits per heavy atom. The molecule has 0 saturated carbocycles. The normalized spacial score (nSPS) is 24.6. The zero-order valence-electron chi connectivity index (χ0n) is 8.98. The zero-order valence-corrected chi connectivity index (χ0v) is 8.98. The topological polar surface area (TPSA) is 110 Å². The number of nitrogens with zero attached hydrogens (tertiary/aromatic N) is 3. The van der Waals surface area contributed by atoms with E-state index in [2.05, 4.69) is 9.97 Å². The first kappa shape index (κ1) is 11.6. The number of likely N-dealkylation sites (tertiary alicyclic amines) is 1. The molecule has 1 aromatic rings. The van der Waals surface area contributed by atoms with Crippen molar-refractivity contribution in [2.45, 2.75) is 18.4 Å². The lowest BCUT2D eigenvalue weighted by molar-refractivity contribution is -0.268. The number of carboxylic acid groups (broad SMARTS) is 1. The first-order valence-corrected chi connectivity index (χ1v) is 5.23. The Labute approximate surface area is 97.4 Å². The molecule has 1 aromatic heterocycles. The summed E-state index contributed by atoms with van der Waals surface area (Å²) in [7, 11) is 0. The van der Waals surface area contributed by atoms with Crippen molar-refractivity contribution in [3.8, 4) is 5.75 Å². The number of piperidine rings is 1. The summed E-state index contributed by atoms with van der Waals surface area (Å²) < 4.78 is 0. The highest BCUT2D eigenvalue weighted by Crippen LogP contribution is 2.26. The number of aromatic nitrogens is 2. The highest BCUT2D eigenvalue weighted by Gasteiger charge is 2.30. The van der Waals surface area contributed by atoms with E-state index in [0.29, 0.717) is 12.2 Å². The molecule has 1 aliphatic rings. The average molecular weight is 238 g/mol. The predicted octanol–water partition coefficient (Wildman–Crippen LogP) is -1.32. The van der Waals surface area contributed by atoms with Gasteiger partial charge in [-0.25, -0.2) is 9.97 Å². The van der Waals surface area contributed by atoms with Crippen LogP contribution in [0.15, 0.2) is 12.4 Å². The number of hydrogen-bond acceptors (Lipinski definition) is 6. The van der Waals surface area contributed by atoms with E-state index in [-0.39, 0.29) is 24.8 Å². The first-order chi connectivity index (χ1) is 8.08. The monoisotopic (exact) mass is 238 g/mol. The fourth-order valence-corrected chi connectivity index (χ4v) is 1.92. The molecule has 2 unspecified atom stereocenters. The second-order valence-electron chi connectivity index (χ2n) is 3.97. The third kappa shape index (κ3) is 2.44. The third-order valence-corrected chi connectivity index (χ3v) is 2.83. The van der Waals surface area contributed by atoms with E-state index < -0.39 is 12.2 Å². The Bertz CT molecular complexity index is 409. The number of aliphatic hydroxyl groups excluding tert-OH is 1. The van der Waals surface area contributed by atoms with Crippen molar-refractivity contribution >= 4 is 6.09 Å². The summed E-state index contributed by atoms with van der Waals surface area (Å²) in [4.78, 5) is 19.5. The fraction of sp³-hybridized carbons (Fsp3) is 0.500. The molecule has 17 heavy (non-hydrogen) atoms. The van der Waals surface area contributed by atoms with E-state index in [9.17, 15) is 15.0 Å². The number of rotatable bonds is 1. The van der Waals surface area contributed by atoms with Crippen LogP contribution in [0.4, 0.5) is 4.79 Å². The van der Waals surface area contributed by atoms with Gasteiger partial charge in [-0.1, -0.05) is 0 Å². The van der Waals surface area contributed by atoms with Gasteiger partial charge in [-0.15, -0.1) is 0 Å². The van der Waals surface area contributed by atoms with E-state index in [1.54, 1.807) is 0 Å². The number of hydrogen-bond donors (Lipinski definition) is 2. The van der Waals surface area contributed by atoms with Gasteiger partial charge in [-0.05, 0) is 6.42 Å². The second-order valence-corrected chi connectivity index (χ2v) is 3.97. The Hall–Kier alpha value is -1.89. The predicted molar refractivity (Wildman–Crippen MR) is 54.0 cm³/mol. The molecule has 92 valence electrons. The van der Waals surface area contributed by atoms with Crippen LogP contribution in [0.25, 0.3) is 0 Å². The number of carbonyl (C=O) groups excluding carboxylic acids is 1. The molecule has 1 amide bonds. The van der Waals surface area contributed by atoms with Gasteiger partial charge < -0.3 is 25.0 Å². The first-order valence-electron chi connectivity index (χ1n) is 5.23. The van der Waals surface area contributed by atoms with Crippen LogP contribution >= 0.6 is 0 Å². The molecule has 2 N–H and O–H groups in total. The summed E-state index contributed by atoms with van der Waals surface area (Å²) in [6, 6.07) is 0. The molecule has 1 aliphatic heterocycles. The average Bonchev–Trinajstić information content (AvgIpc) is 2.30. The number of aromatic hydroxyl groups is 1. The maximum atomic E-state index is 10.6. The van der Waals surface area contributed by atoms with Crippen molar-refractivity contribution in [1.82, 2.24) is 14.9 Å².